The zero-order chi connectivity index (χ0) is 14.9. The van der Waals surface area contributed by atoms with Gasteiger partial charge in [-0.1, -0.05) is 6.07 Å². The van der Waals surface area contributed by atoms with E-state index in [0.717, 1.165) is 0 Å². The standard InChI is InChI=1S/C13H14N4O2S2/c1-2-14-12-13(17-7-4-3-5-11(17)15-12)21(18,19)16-10-6-8-20-9-10/h3-9,14,16H,2H2,1H3. The van der Waals surface area contributed by atoms with E-state index in [1.165, 1.54) is 11.3 Å². The zero-order valence-electron chi connectivity index (χ0n) is 11.3. The van der Waals surface area contributed by atoms with E-state index in [4.69, 9.17) is 0 Å². The fourth-order valence-electron chi connectivity index (χ4n) is 2.04. The van der Waals surface area contributed by atoms with Crippen molar-refractivity contribution in [1.82, 2.24) is 9.38 Å². The molecule has 0 bridgehead atoms. The smallest absolute Gasteiger partial charge is 0.281 e. The van der Waals surface area contributed by atoms with Crippen LogP contribution in [0.3, 0.4) is 0 Å². The van der Waals surface area contributed by atoms with Crippen molar-refractivity contribution in [3.05, 3.63) is 41.2 Å². The highest BCUT2D eigenvalue weighted by atomic mass is 32.2. The highest BCUT2D eigenvalue weighted by Crippen LogP contribution is 2.25. The summed E-state index contributed by atoms with van der Waals surface area (Å²) in [6.45, 7) is 2.48. The molecule has 0 aromatic carbocycles. The molecular weight excluding hydrogens is 308 g/mol. The summed E-state index contributed by atoms with van der Waals surface area (Å²) in [6.07, 6.45) is 1.69. The molecule has 0 spiro atoms. The van der Waals surface area contributed by atoms with Crippen LogP contribution in [0, 0.1) is 0 Å². The highest BCUT2D eigenvalue weighted by molar-refractivity contribution is 7.92. The number of nitrogens with one attached hydrogen (secondary N) is 2. The molecule has 21 heavy (non-hydrogen) atoms. The summed E-state index contributed by atoms with van der Waals surface area (Å²) < 4.78 is 29.5. The minimum Gasteiger partial charge on any atom is -0.368 e. The van der Waals surface area contributed by atoms with Crippen LogP contribution in [-0.2, 0) is 10.0 Å². The van der Waals surface area contributed by atoms with Gasteiger partial charge >= 0.3 is 0 Å². The Bertz CT molecular complexity index is 854. The molecule has 3 rings (SSSR count). The van der Waals surface area contributed by atoms with Crippen molar-refractivity contribution in [2.75, 3.05) is 16.6 Å². The van der Waals surface area contributed by atoms with Crippen molar-refractivity contribution in [2.45, 2.75) is 11.9 Å². The van der Waals surface area contributed by atoms with Crippen molar-refractivity contribution < 1.29 is 8.42 Å². The van der Waals surface area contributed by atoms with E-state index in [9.17, 15) is 8.42 Å². The topological polar surface area (TPSA) is 75.5 Å². The molecule has 8 heteroatoms. The van der Waals surface area contributed by atoms with Crippen molar-refractivity contribution in [1.29, 1.82) is 0 Å². The molecule has 110 valence electrons. The Morgan fingerprint density at radius 2 is 2.19 bits per heavy atom. The van der Waals surface area contributed by atoms with Crippen LogP contribution in [0.15, 0.2) is 46.2 Å². The number of aromatic nitrogens is 2. The summed E-state index contributed by atoms with van der Waals surface area (Å²) in [6, 6.07) is 7.08. The Morgan fingerprint density at radius 3 is 2.90 bits per heavy atom. The monoisotopic (exact) mass is 322 g/mol. The van der Waals surface area contributed by atoms with Crippen LogP contribution in [0.1, 0.15) is 6.92 Å². The average Bonchev–Trinajstić information content (AvgIpc) is 3.05. The first-order valence-electron chi connectivity index (χ1n) is 6.38. The Kier molecular flexibility index (Phi) is 3.56. The predicted octanol–water partition coefficient (Wildman–Crippen LogP) is 2.63. The molecular formula is C13H14N4O2S2. The largest absolute Gasteiger partial charge is 0.368 e. The number of fused-ring (bicyclic) bond motifs is 1. The lowest BCUT2D eigenvalue weighted by molar-refractivity contribution is 0.597. The van der Waals surface area contributed by atoms with Crippen LogP contribution >= 0.6 is 11.3 Å². The zero-order valence-corrected chi connectivity index (χ0v) is 12.9. The molecule has 0 atom stereocenters. The maximum Gasteiger partial charge on any atom is 0.281 e. The lowest BCUT2D eigenvalue weighted by Crippen LogP contribution is -2.16. The van der Waals surface area contributed by atoms with Crippen LogP contribution in [0.4, 0.5) is 11.5 Å². The Balaban J connectivity index is 2.15. The van der Waals surface area contributed by atoms with E-state index >= 15 is 0 Å². The summed E-state index contributed by atoms with van der Waals surface area (Å²) in [5.41, 5.74) is 1.13. The van der Waals surface area contributed by atoms with Gasteiger partial charge in [-0.2, -0.15) is 19.8 Å². The third-order valence-electron chi connectivity index (χ3n) is 2.86. The van der Waals surface area contributed by atoms with Crippen molar-refractivity contribution in [3.63, 3.8) is 0 Å². The van der Waals surface area contributed by atoms with Crippen LogP contribution in [-0.4, -0.2) is 24.3 Å². The molecule has 0 saturated carbocycles. The van der Waals surface area contributed by atoms with Crippen LogP contribution in [0.25, 0.3) is 5.65 Å². The van der Waals surface area contributed by atoms with Crippen molar-refractivity contribution in [2.24, 2.45) is 0 Å². The van der Waals surface area contributed by atoms with Gasteiger partial charge in [0.05, 0.1) is 5.69 Å². The molecule has 0 fully saturated rings. The molecule has 0 unspecified atom stereocenters. The van der Waals surface area contributed by atoms with Crippen LogP contribution in [0.2, 0.25) is 0 Å². The second-order valence-corrected chi connectivity index (χ2v) is 6.72. The van der Waals surface area contributed by atoms with Crippen LogP contribution in [0.5, 0.6) is 0 Å². The van der Waals surface area contributed by atoms with E-state index in [-0.39, 0.29) is 5.03 Å². The lowest BCUT2D eigenvalue weighted by Gasteiger charge is -2.08. The summed E-state index contributed by atoms with van der Waals surface area (Å²) in [5, 5.41) is 6.68. The van der Waals surface area contributed by atoms with E-state index < -0.39 is 10.0 Å². The molecule has 0 saturated heterocycles. The van der Waals surface area contributed by atoms with E-state index in [1.54, 1.807) is 34.2 Å². The molecule has 2 N–H and O–H groups in total. The van der Waals surface area contributed by atoms with Gasteiger partial charge in [0.2, 0.25) is 5.03 Å². The highest BCUT2D eigenvalue weighted by Gasteiger charge is 2.25. The van der Waals surface area contributed by atoms with Crippen molar-refractivity contribution >= 4 is 38.5 Å². The molecule has 0 aliphatic heterocycles. The van der Waals surface area contributed by atoms with Gasteiger partial charge < -0.3 is 5.32 Å². The number of imidazole rings is 1. The molecule has 0 radical (unpaired) electrons. The quantitative estimate of drug-likeness (QED) is 0.757. The SMILES string of the molecule is CCNc1nc2ccccn2c1S(=O)(=O)Nc1ccsc1. The average molecular weight is 322 g/mol. The lowest BCUT2D eigenvalue weighted by atomic mass is 10.5. The summed E-state index contributed by atoms with van der Waals surface area (Å²) in [5.74, 6) is 0.353. The molecule has 0 aliphatic carbocycles. The number of thiophene rings is 1. The minimum atomic E-state index is -3.72. The molecule has 3 aromatic heterocycles. The fourth-order valence-corrected chi connectivity index (χ4v) is 4.02. The number of pyridine rings is 1. The molecule has 0 amide bonds. The van der Waals surface area contributed by atoms with Gasteiger partial charge in [0, 0.05) is 18.1 Å². The minimum absolute atomic E-state index is 0.117. The van der Waals surface area contributed by atoms with Gasteiger partial charge in [-0.25, -0.2) is 4.98 Å². The third-order valence-corrected chi connectivity index (χ3v) is 4.95. The number of anilines is 2. The molecule has 0 aliphatic rings. The van der Waals surface area contributed by atoms with Gasteiger partial charge in [0.25, 0.3) is 10.0 Å². The number of rotatable bonds is 5. The number of sulfonamides is 1. The first-order chi connectivity index (χ1) is 10.1. The maximum absolute atomic E-state index is 12.7. The Hall–Kier alpha value is -2.06. The number of hydrogen-bond acceptors (Lipinski definition) is 5. The Morgan fingerprint density at radius 1 is 1.33 bits per heavy atom. The first kappa shape index (κ1) is 13.9. The predicted molar refractivity (Wildman–Crippen MR) is 84.5 cm³/mol. The summed E-state index contributed by atoms with van der Waals surface area (Å²) in [7, 11) is -3.72. The van der Waals surface area contributed by atoms with E-state index in [0.29, 0.717) is 23.7 Å². The second kappa shape index (κ2) is 5.38. The maximum atomic E-state index is 12.7. The molecule has 3 heterocycles. The molecule has 6 nitrogen and oxygen atoms in total. The fraction of sp³-hybridized carbons (Fsp3) is 0.154. The van der Waals surface area contributed by atoms with Gasteiger partial charge in [-0.05, 0) is 30.5 Å². The van der Waals surface area contributed by atoms with Gasteiger partial charge in [0.1, 0.15) is 5.65 Å². The number of nitrogens with zero attached hydrogens (tertiary/aromatic N) is 2. The van der Waals surface area contributed by atoms with E-state index in [1.807, 2.05) is 18.4 Å². The number of hydrogen-bond donors (Lipinski definition) is 2. The first-order valence-corrected chi connectivity index (χ1v) is 8.80. The molecule has 3 aromatic rings. The van der Waals surface area contributed by atoms with Gasteiger partial charge in [-0.15, -0.1) is 0 Å². The van der Waals surface area contributed by atoms with E-state index in [2.05, 4.69) is 15.0 Å². The summed E-state index contributed by atoms with van der Waals surface area (Å²) in [4.78, 5) is 4.33. The van der Waals surface area contributed by atoms with Crippen molar-refractivity contribution in [3.8, 4) is 0 Å². The van der Waals surface area contributed by atoms with Gasteiger partial charge in [-0.3, -0.25) is 9.12 Å². The summed E-state index contributed by atoms with van der Waals surface area (Å²) >= 11 is 1.43. The normalized spacial score (nSPS) is 11.7. The Labute approximate surface area is 126 Å². The van der Waals surface area contributed by atoms with Crippen LogP contribution < -0.4 is 10.0 Å². The second-order valence-electron chi connectivity index (χ2n) is 4.34. The van der Waals surface area contributed by atoms with Gasteiger partial charge in [0.15, 0.2) is 5.82 Å². The third kappa shape index (κ3) is 2.59.